The summed E-state index contributed by atoms with van der Waals surface area (Å²) in [5, 5.41) is 0.698. The molecule has 1 rings (SSSR count). The third kappa shape index (κ3) is 3.26. The molecule has 0 saturated carbocycles. The molecular formula is C11H16FN3OS. The van der Waals surface area contributed by atoms with E-state index >= 15 is 0 Å². The average molecular weight is 257 g/mol. The summed E-state index contributed by atoms with van der Waals surface area (Å²) in [6.07, 6.45) is 1.16. The van der Waals surface area contributed by atoms with Gasteiger partial charge in [-0.15, -0.1) is 0 Å². The van der Waals surface area contributed by atoms with Crippen LogP contribution in [0.5, 0.6) is 0 Å². The zero-order valence-electron chi connectivity index (χ0n) is 10.6. The fourth-order valence-corrected chi connectivity index (χ4v) is 2.11. The van der Waals surface area contributed by atoms with Crippen molar-refractivity contribution >= 4 is 22.3 Å². The van der Waals surface area contributed by atoms with Gasteiger partial charge in [-0.3, -0.25) is 4.79 Å². The number of Topliss-reactive ketones (excluding diaryl/α,β-unsaturated/α-hetero) is 1. The van der Waals surface area contributed by atoms with Gasteiger partial charge >= 0.3 is 0 Å². The van der Waals surface area contributed by atoms with Gasteiger partial charge in [-0.2, -0.15) is 0 Å². The monoisotopic (exact) mass is 257 g/mol. The molecular weight excluding hydrogens is 241 g/mol. The summed E-state index contributed by atoms with van der Waals surface area (Å²) < 4.78 is 13.6. The molecule has 0 spiro atoms. The lowest BCUT2D eigenvalue weighted by Crippen LogP contribution is -2.07. The van der Waals surface area contributed by atoms with E-state index in [9.17, 15) is 9.18 Å². The number of carbonyl (C=O) groups excluding carboxylic acids is 1. The fourth-order valence-electron chi connectivity index (χ4n) is 1.18. The van der Waals surface area contributed by atoms with Crippen LogP contribution in [-0.2, 0) is 0 Å². The summed E-state index contributed by atoms with van der Waals surface area (Å²) in [6.45, 7) is 1.71. The molecule has 1 aromatic rings. The maximum absolute atomic E-state index is 13.6. The number of carbonyl (C=O) groups is 1. The van der Waals surface area contributed by atoms with Crippen molar-refractivity contribution in [3.8, 4) is 0 Å². The molecule has 4 nitrogen and oxygen atoms in total. The highest BCUT2D eigenvalue weighted by Crippen LogP contribution is 2.27. The minimum Gasteiger partial charge on any atom is -0.381 e. The van der Waals surface area contributed by atoms with E-state index in [4.69, 9.17) is 0 Å². The van der Waals surface area contributed by atoms with Gasteiger partial charge in [0.2, 0.25) is 5.78 Å². The normalized spacial score (nSPS) is 11.5. The van der Waals surface area contributed by atoms with Gasteiger partial charge in [0.05, 0.1) is 5.69 Å². The molecule has 94 valence electrons. The number of aromatic nitrogens is 1. The molecule has 0 unspecified atom stereocenters. The van der Waals surface area contributed by atoms with Crippen molar-refractivity contribution in [1.29, 1.82) is 0 Å². The highest BCUT2D eigenvalue weighted by atomic mass is 32.1. The van der Waals surface area contributed by atoms with Crippen LogP contribution in [0.4, 0.5) is 9.52 Å². The van der Waals surface area contributed by atoms with Gasteiger partial charge in [0.15, 0.2) is 11.0 Å². The topological polar surface area (TPSA) is 36.4 Å². The van der Waals surface area contributed by atoms with Crippen molar-refractivity contribution in [2.45, 2.75) is 6.92 Å². The van der Waals surface area contributed by atoms with Gasteiger partial charge in [0.1, 0.15) is 4.88 Å². The lowest BCUT2D eigenvalue weighted by Gasteiger charge is -2.05. The standard InChI is InChI=1S/C11H16FN3OS/c1-7-10(17-11(13-7)15(4)5)9(16)8(12)6-14(2)3/h6H,1-5H3/b8-6+. The minimum absolute atomic E-state index is 0.351. The Balaban J connectivity index is 3.05. The number of halogens is 1. The zero-order chi connectivity index (χ0) is 13.2. The van der Waals surface area contributed by atoms with Gasteiger partial charge in [0.25, 0.3) is 0 Å². The minimum atomic E-state index is -0.771. The van der Waals surface area contributed by atoms with E-state index in [1.165, 1.54) is 16.2 Å². The van der Waals surface area contributed by atoms with Crippen LogP contribution in [0.25, 0.3) is 0 Å². The van der Waals surface area contributed by atoms with Gasteiger partial charge in [-0.1, -0.05) is 11.3 Å². The lowest BCUT2D eigenvalue weighted by atomic mass is 10.2. The van der Waals surface area contributed by atoms with E-state index in [1.54, 1.807) is 25.9 Å². The molecule has 0 fully saturated rings. The molecule has 1 aromatic heterocycles. The summed E-state index contributed by atoms with van der Waals surface area (Å²) in [5.41, 5.74) is 0.561. The first-order valence-corrected chi connectivity index (χ1v) is 5.87. The van der Waals surface area contributed by atoms with Crippen molar-refractivity contribution in [3.63, 3.8) is 0 Å². The second-order valence-corrected chi connectivity index (χ2v) is 5.05. The Morgan fingerprint density at radius 3 is 2.35 bits per heavy atom. The first-order valence-electron chi connectivity index (χ1n) is 5.06. The van der Waals surface area contributed by atoms with Gasteiger partial charge < -0.3 is 9.80 Å². The molecule has 0 aliphatic heterocycles. The maximum Gasteiger partial charge on any atom is 0.234 e. The van der Waals surface area contributed by atoms with E-state index in [0.29, 0.717) is 15.7 Å². The largest absolute Gasteiger partial charge is 0.381 e. The van der Waals surface area contributed by atoms with E-state index in [-0.39, 0.29) is 0 Å². The van der Waals surface area contributed by atoms with Crippen LogP contribution in [0.1, 0.15) is 15.4 Å². The van der Waals surface area contributed by atoms with Gasteiger partial charge in [0, 0.05) is 34.4 Å². The number of nitrogens with zero attached hydrogens (tertiary/aromatic N) is 3. The van der Waals surface area contributed by atoms with Crippen molar-refractivity contribution in [1.82, 2.24) is 9.88 Å². The van der Waals surface area contributed by atoms with Crippen LogP contribution in [0.2, 0.25) is 0 Å². The Kier molecular flexibility index (Phi) is 4.22. The number of rotatable bonds is 4. The maximum atomic E-state index is 13.6. The number of hydrogen-bond acceptors (Lipinski definition) is 5. The summed E-state index contributed by atoms with van der Waals surface area (Å²) in [7, 11) is 6.99. The SMILES string of the molecule is Cc1nc(N(C)C)sc1C(=O)/C(F)=C\N(C)C. The van der Waals surface area contributed by atoms with E-state index in [0.717, 1.165) is 6.20 Å². The fraction of sp³-hybridized carbons (Fsp3) is 0.455. The smallest absolute Gasteiger partial charge is 0.234 e. The highest BCUT2D eigenvalue weighted by Gasteiger charge is 2.20. The number of anilines is 1. The highest BCUT2D eigenvalue weighted by molar-refractivity contribution is 7.17. The number of aryl methyl sites for hydroxylation is 1. The van der Waals surface area contributed by atoms with Crippen LogP contribution in [-0.4, -0.2) is 43.9 Å². The van der Waals surface area contributed by atoms with Crippen molar-refractivity contribution < 1.29 is 9.18 Å². The summed E-state index contributed by atoms with van der Waals surface area (Å²) in [6, 6.07) is 0. The second kappa shape index (κ2) is 5.27. The van der Waals surface area contributed by atoms with E-state index in [2.05, 4.69) is 4.98 Å². The molecule has 0 bridgehead atoms. The van der Waals surface area contributed by atoms with Crippen LogP contribution < -0.4 is 4.90 Å². The molecule has 17 heavy (non-hydrogen) atoms. The zero-order valence-corrected chi connectivity index (χ0v) is 11.4. The number of allylic oxidation sites excluding steroid dienone is 1. The Labute approximate surface area is 104 Å². The molecule has 0 N–H and O–H groups in total. The third-order valence-electron chi connectivity index (χ3n) is 1.96. The van der Waals surface area contributed by atoms with Crippen molar-refractivity contribution in [3.05, 3.63) is 22.6 Å². The number of thiazole rings is 1. The lowest BCUT2D eigenvalue weighted by molar-refractivity contribution is 0.100. The van der Waals surface area contributed by atoms with Gasteiger partial charge in [-0.05, 0) is 6.92 Å². The van der Waals surface area contributed by atoms with E-state index < -0.39 is 11.6 Å². The molecule has 0 radical (unpaired) electrons. The first-order chi connectivity index (χ1) is 7.82. The predicted octanol–water partition coefficient (Wildman–Crippen LogP) is 2.07. The Morgan fingerprint density at radius 2 is 1.94 bits per heavy atom. The number of hydrogen-bond donors (Lipinski definition) is 0. The molecule has 6 heteroatoms. The summed E-state index contributed by atoms with van der Waals surface area (Å²) in [4.78, 5) is 19.7. The molecule has 1 heterocycles. The van der Waals surface area contributed by atoms with Gasteiger partial charge in [-0.25, -0.2) is 9.37 Å². The van der Waals surface area contributed by atoms with Crippen LogP contribution in [0.15, 0.2) is 12.0 Å². The van der Waals surface area contributed by atoms with Crippen LogP contribution >= 0.6 is 11.3 Å². The Hall–Kier alpha value is -1.43. The summed E-state index contributed by atoms with van der Waals surface area (Å²) >= 11 is 1.20. The Morgan fingerprint density at radius 1 is 1.35 bits per heavy atom. The van der Waals surface area contributed by atoms with Crippen LogP contribution in [0.3, 0.4) is 0 Å². The third-order valence-corrected chi connectivity index (χ3v) is 3.29. The summed E-state index contributed by atoms with van der Waals surface area (Å²) in [5.74, 6) is -1.38. The van der Waals surface area contributed by atoms with Crippen LogP contribution in [0, 0.1) is 6.92 Å². The Bertz CT molecular complexity index is 452. The average Bonchev–Trinajstić information content (AvgIpc) is 2.58. The van der Waals surface area contributed by atoms with E-state index in [1.807, 2.05) is 14.1 Å². The molecule has 0 amide bonds. The number of ketones is 1. The molecule has 0 saturated heterocycles. The van der Waals surface area contributed by atoms with Crippen molar-refractivity contribution in [2.24, 2.45) is 0 Å². The molecule has 0 aliphatic carbocycles. The molecule has 0 atom stereocenters. The molecule has 0 aromatic carbocycles. The molecule has 0 aliphatic rings. The quantitative estimate of drug-likeness (QED) is 0.611. The predicted molar refractivity (Wildman–Crippen MR) is 68.4 cm³/mol. The first kappa shape index (κ1) is 13.6. The second-order valence-electron chi connectivity index (χ2n) is 4.08. The van der Waals surface area contributed by atoms with Crippen molar-refractivity contribution in [2.75, 3.05) is 33.1 Å².